The Morgan fingerprint density at radius 1 is 0.362 bits per heavy atom. The van der Waals surface area contributed by atoms with E-state index in [0.29, 0.717) is 17.5 Å². The summed E-state index contributed by atoms with van der Waals surface area (Å²) in [6, 6.07) is 68.1. The van der Waals surface area contributed by atoms with Crippen LogP contribution in [0.1, 0.15) is 0 Å². The first-order valence-corrected chi connectivity index (χ1v) is 19.5. The molecule has 9 aromatic carbocycles. The normalized spacial score (nSPS) is 11.8. The molecule has 0 N–H and O–H groups in total. The molecular formula is C53H32N4O. The maximum Gasteiger partial charge on any atom is 0.167 e. The van der Waals surface area contributed by atoms with Crippen LogP contribution in [0.2, 0.25) is 0 Å². The van der Waals surface area contributed by atoms with Crippen LogP contribution in [-0.4, -0.2) is 19.5 Å². The number of rotatable bonds is 5. The first-order valence-electron chi connectivity index (χ1n) is 19.5. The molecule has 0 radical (unpaired) electrons. The molecule has 270 valence electrons. The van der Waals surface area contributed by atoms with Crippen LogP contribution in [0.15, 0.2) is 199 Å². The molecule has 0 spiro atoms. The second-order valence-electron chi connectivity index (χ2n) is 14.8. The van der Waals surface area contributed by atoms with E-state index in [0.717, 1.165) is 66.3 Å². The van der Waals surface area contributed by atoms with Gasteiger partial charge in [-0.25, -0.2) is 15.0 Å². The van der Waals surface area contributed by atoms with Gasteiger partial charge in [0.1, 0.15) is 11.2 Å². The predicted octanol–water partition coefficient (Wildman–Crippen LogP) is 13.8. The summed E-state index contributed by atoms with van der Waals surface area (Å²) in [6.07, 6.45) is 0. The Labute approximate surface area is 333 Å². The van der Waals surface area contributed by atoms with Gasteiger partial charge in [-0.1, -0.05) is 146 Å². The quantitative estimate of drug-likeness (QED) is 0.165. The topological polar surface area (TPSA) is 56.7 Å². The van der Waals surface area contributed by atoms with Gasteiger partial charge in [0.05, 0.1) is 16.6 Å². The Hall–Kier alpha value is -7.89. The molecule has 12 rings (SSSR count). The van der Waals surface area contributed by atoms with Crippen molar-refractivity contribution >= 4 is 65.3 Å². The fourth-order valence-corrected chi connectivity index (χ4v) is 8.74. The zero-order chi connectivity index (χ0) is 38.2. The van der Waals surface area contributed by atoms with Gasteiger partial charge in [0, 0.05) is 38.4 Å². The zero-order valence-electron chi connectivity index (χ0n) is 31.2. The highest BCUT2D eigenvalue weighted by atomic mass is 16.3. The van der Waals surface area contributed by atoms with Gasteiger partial charge < -0.3 is 8.98 Å². The first-order chi connectivity index (χ1) is 28.7. The fraction of sp³-hybridized carbons (Fsp3) is 0. The highest BCUT2D eigenvalue weighted by Crippen LogP contribution is 2.39. The standard InChI is InChI=1S/C53H32N4O/c1-2-14-38(15-3-1)57-46-22-8-6-17-41(46)45-32-37(30-31-47(45)57)52-54-51(55-53(56-52)44-21-11-20-43-42-18-7-9-23-48(42)58-50(43)44)36-28-25-34(26-29-36)40-19-10-13-35-27-24-33-12-4-5-16-39(33)49(35)40/h1-32H. The van der Waals surface area contributed by atoms with Crippen molar-refractivity contribution in [3.05, 3.63) is 194 Å². The first kappa shape index (κ1) is 32.4. The van der Waals surface area contributed by atoms with Gasteiger partial charge in [0.25, 0.3) is 0 Å². The van der Waals surface area contributed by atoms with E-state index >= 15 is 0 Å². The molecule has 0 aliphatic rings. The van der Waals surface area contributed by atoms with E-state index in [9.17, 15) is 0 Å². The van der Waals surface area contributed by atoms with Crippen LogP contribution < -0.4 is 0 Å². The van der Waals surface area contributed by atoms with Gasteiger partial charge in [0.2, 0.25) is 0 Å². The Morgan fingerprint density at radius 3 is 1.84 bits per heavy atom. The molecule has 5 nitrogen and oxygen atoms in total. The Kier molecular flexibility index (Phi) is 7.16. The summed E-state index contributed by atoms with van der Waals surface area (Å²) in [5.41, 5.74) is 9.92. The van der Waals surface area contributed by atoms with Crippen molar-refractivity contribution in [3.8, 4) is 51.0 Å². The molecule has 0 atom stereocenters. The lowest BCUT2D eigenvalue weighted by Gasteiger charge is -2.12. The molecule has 5 heteroatoms. The van der Waals surface area contributed by atoms with E-state index in [1.165, 1.54) is 32.5 Å². The number of hydrogen-bond donors (Lipinski definition) is 0. The molecule has 58 heavy (non-hydrogen) atoms. The summed E-state index contributed by atoms with van der Waals surface area (Å²) in [5, 5.41) is 9.33. The number of benzene rings is 9. The van der Waals surface area contributed by atoms with Gasteiger partial charge in [-0.3, -0.25) is 0 Å². The SMILES string of the molecule is c1ccc(-n2c3ccccc3c3cc(-c4nc(-c5ccc(-c6cccc7ccc8ccccc8c67)cc5)nc(-c5cccc6c5oc5ccccc56)n4)ccc32)cc1. The fourth-order valence-electron chi connectivity index (χ4n) is 8.74. The molecule has 3 aromatic heterocycles. The third kappa shape index (κ3) is 5.07. The lowest BCUT2D eigenvalue weighted by molar-refractivity contribution is 0.669. The van der Waals surface area contributed by atoms with Crippen molar-refractivity contribution in [1.29, 1.82) is 0 Å². The highest BCUT2D eigenvalue weighted by Gasteiger charge is 2.20. The van der Waals surface area contributed by atoms with Crippen LogP contribution in [0.4, 0.5) is 0 Å². The second kappa shape index (κ2) is 12.8. The van der Waals surface area contributed by atoms with Crippen LogP contribution in [0.3, 0.4) is 0 Å². The van der Waals surface area contributed by atoms with Crippen molar-refractivity contribution in [2.24, 2.45) is 0 Å². The molecule has 0 aliphatic carbocycles. The van der Waals surface area contributed by atoms with Crippen LogP contribution in [0, 0.1) is 0 Å². The molecule has 0 amide bonds. The second-order valence-corrected chi connectivity index (χ2v) is 14.8. The largest absolute Gasteiger partial charge is 0.455 e. The van der Waals surface area contributed by atoms with Gasteiger partial charge in [-0.2, -0.15) is 0 Å². The van der Waals surface area contributed by atoms with Gasteiger partial charge in [-0.15, -0.1) is 0 Å². The van der Waals surface area contributed by atoms with E-state index < -0.39 is 0 Å². The molecule has 0 saturated heterocycles. The van der Waals surface area contributed by atoms with Crippen molar-refractivity contribution in [3.63, 3.8) is 0 Å². The minimum absolute atomic E-state index is 0.557. The number of hydrogen-bond acceptors (Lipinski definition) is 4. The highest BCUT2D eigenvalue weighted by molar-refractivity contribution is 6.14. The molecule has 12 aromatic rings. The third-order valence-electron chi connectivity index (χ3n) is 11.4. The summed E-state index contributed by atoms with van der Waals surface area (Å²) in [4.78, 5) is 15.6. The van der Waals surface area contributed by atoms with Crippen LogP contribution in [0.25, 0.3) is 116 Å². The van der Waals surface area contributed by atoms with E-state index in [2.05, 4.69) is 174 Å². The molecule has 0 bridgehead atoms. The summed E-state index contributed by atoms with van der Waals surface area (Å²) in [6.45, 7) is 0. The third-order valence-corrected chi connectivity index (χ3v) is 11.4. The van der Waals surface area contributed by atoms with Crippen molar-refractivity contribution in [1.82, 2.24) is 19.5 Å². The maximum atomic E-state index is 6.51. The van der Waals surface area contributed by atoms with E-state index in [-0.39, 0.29) is 0 Å². The number of fused-ring (bicyclic) bond motifs is 9. The minimum atomic E-state index is 0.557. The summed E-state index contributed by atoms with van der Waals surface area (Å²) < 4.78 is 8.83. The Bertz CT molecular complexity index is 3560. The van der Waals surface area contributed by atoms with Crippen molar-refractivity contribution in [2.45, 2.75) is 0 Å². The Morgan fingerprint density at radius 2 is 0.966 bits per heavy atom. The van der Waals surface area contributed by atoms with E-state index in [1.54, 1.807) is 0 Å². The smallest absolute Gasteiger partial charge is 0.167 e. The lowest BCUT2D eigenvalue weighted by Crippen LogP contribution is -2.00. The summed E-state index contributed by atoms with van der Waals surface area (Å²) >= 11 is 0. The molecule has 3 heterocycles. The van der Waals surface area contributed by atoms with Gasteiger partial charge in [-0.05, 0) is 81.2 Å². The lowest BCUT2D eigenvalue weighted by atomic mass is 9.93. The number of nitrogens with zero attached hydrogens (tertiary/aromatic N) is 4. The van der Waals surface area contributed by atoms with Crippen molar-refractivity contribution < 1.29 is 4.42 Å². The summed E-state index contributed by atoms with van der Waals surface area (Å²) in [7, 11) is 0. The molecule has 0 unspecified atom stereocenters. The van der Waals surface area contributed by atoms with Gasteiger partial charge >= 0.3 is 0 Å². The van der Waals surface area contributed by atoms with Gasteiger partial charge in [0.15, 0.2) is 17.5 Å². The molecule has 0 fully saturated rings. The van der Waals surface area contributed by atoms with Crippen molar-refractivity contribution in [2.75, 3.05) is 0 Å². The molecule has 0 aliphatic heterocycles. The van der Waals surface area contributed by atoms with Crippen LogP contribution in [-0.2, 0) is 0 Å². The predicted molar refractivity (Wildman–Crippen MR) is 238 cm³/mol. The average Bonchev–Trinajstić information content (AvgIpc) is 3.85. The molecular weight excluding hydrogens is 709 g/mol. The maximum absolute atomic E-state index is 6.51. The van der Waals surface area contributed by atoms with E-state index in [1.807, 2.05) is 24.3 Å². The number of para-hydroxylation sites is 4. The number of aromatic nitrogens is 4. The summed E-state index contributed by atoms with van der Waals surface area (Å²) in [5.74, 6) is 1.74. The number of furan rings is 1. The van der Waals surface area contributed by atoms with E-state index in [4.69, 9.17) is 19.4 Å². The average molecular weight is 741 g/mol. The van der Waals surface area contributed by atoms with Crippen LogP contribution >= 0.6 is 0 Å². The zero-order valence-corrected chi connectivity index (χ0v) is 31.2. The Balaban J connectivity index is 1.05. The minimum Gasteiger partial charge on any atom is -0.455 e. The molecule has 0 saturated carbocycles. The monoisotopic (exact) mass is 740 g/mol. The van der Waals surface area contributed by atoms with Crippen LogP contribution in [0.5, 0.6) is 0 Å².